The molecule has 2 unspecified atom stereocenters. The van der Waals surface area contributed by atoms with Crippen LogP contribution < -0.4 is 4.72 Å². The first-order chi connectivity index (χ1) is 9.67. The lowest BCUT2D eigenvalue weighted by Gasteiger charge is -2.59. The third-order valence-electron chi connectivity index (χ3n) is 5.09. The Morgan fingerprint density at radius 3 is 2.38 bits per heavy atom. The van der Waals surface area contributed by atoms with E-state index in [1.807, 2.05) is 0 Å². The highest BCUT2D eigenvalue weighted by molar-refractivity contribution is 7.83. The third kappa shape index (κ3) is 3.39. The number of nitrogens with one attached hydrogen (secondary N) is 1. The maximum absolute atomic E-state index is 11.5. The van der Waals surface area contributed by atoms with Crippen LogP contribution in [0.5, 0.6) is 0 Å². The lowest BCUT2D eigenvalue weighted by atomic mass is 9.48. The van der Waals surface area contributed by atoms with Crippen molar-refractivity contribution >= 4 is 16.3 Å². The number of ether oxygens (including phenoxy) is 1. The summed E-state index contributed by atoms with van der Waals surface area (Å²) >= 11 is 0. The Hall–Kier alpha value is -0.700. The molecular formula is C13H21NO6S. The van der Waals surface area contributed by atoms with Gasteiger partial charge in [-0.05, 0) is 50.4 Å². The maximum atomic E-state index is 11.5. The molecule has 0 amide bonds. The molecule has 7 nitrogen and oxygen atoms in total. The van der Waals surface area contributed by atoms with Crippen LogP contribution in [-0.4, -0.2) is 42.8 Å². The van der Waals surface area contributed by atoms with E-state index in [2.05, 4.69) is 0 Å². The van der Waals surface area contributed by atoms with Crippen molar-refractivity contribution in [2.45, 2.75) is 44.1 Å². The largest absolute Gasteiger partial charge is 0.464 e. The van der Waals surface area contributed by atoms with Crippen LogP contribution in [0.2, 0.25) is 0 Å². The monoisotopic (exact) mass is 319 g/mol. The molecule has 0 aromatic heterocycles. The van der Waals surface area contributed by atoms with Crippen molar-refractivity contribution in [1.82, 2.24) is 4.72 Å². The van der Waals surface area contributed by atoms with E-state index in [0.717, 1.165) is 32.1 Å². The molecule has 3 N–H and O–H groups in total. The van der Waals surface area contributed by atoms with E-state index in [9.17, 15) is 18.3 Å². The summed E-state index contributed by atoms with van der Waals surface area (Å²) in [6.07, 6.45) is 5.44. The number of carbonyl (C=O) groups is 1. The first-order valence-electron chi connectivity index (χ1n) is 7.27. The first-order valence-corrected chi connectivity index (χ1v) is 8.71. The SMILES string of the molecule is O=C(CNS(=O)(=O)O)OCC12CC3CC(CC(O)(C3)C1)C2. The summed E-state index contributed by atoms with van der Waals surface area (Å²) in [5.74, 6) is 0.298. The predicted octanol–water partition coefficient (Wildman–Crippen LogP) is 0.253. The summed E-state index contributed by atoms with van der Waals surface area (Å²) in [6, 6.07) is 0. The molecule has 0 spiro atoms. The highest BCUT2D eigenvalue weighted by Crippen LogP contribution is 2.61. The summed E-state index contributed by atoms with van der Waals surface area (Å²) in [5, 5.41) is 10.6. The third-order valence-corrected chi connectivity index (χ3v) is 5.60. The minimum absolute atomic E-state index is 0.160. The zero-order valence-electron chi connectivity index (χ0n) is 11.7. The second-order valence-corrected chi connectivity index (χ2v) is 8.38. The molecule has 0 heterocycles. The van der Waals surface area contributed by atoms with Gasteiger partial charge in [0.25, 0.3) is 0 Å². The number of esters is 1. The molecule has 0 radical (unpaired) electrons. The second kappa shape index (κ2) is 4.91. The molecule has 0 aliphatic heterocycles. The van der Waals surface area contributed by atoms with Crippen LogP contribution in [0, 0.1) is 17.3 Å². The lowest BCUT2D eigenvalue weighted by Crippen LogP contribution is -2.57. The van der Waals surface area contributed by atoms with E-state index in [-0.39, 0.29) is 12.0 Å². The molecule has 4 rings (SSSR count). The average Bonchev–Trinajstić information content (AvgIpc) is 2.30. The molecule has 0 saturated heterocycles. The van der Waals surface area contributed by atoms with Crippen molar-refractivity contribution < 1.29 is 27.6 Å². The molecule has 4 bridgehead atoms. The molecule has 21 heavy (non-hydrogen) atoms. The number of hydrogen-bond acceptors (Lipinski definition) is 5. The van der Waals surface area contributed by atoms with Gasteiger partial charge in [-0.25, -0.2) is 0 Å². The number of aliphatic hydroxyl groups is 1. The quantitative estimate of drug-likeness (QED) is 0.495. The van der Waals surface area contributed by atoms with Gasteiger partial charge >= 0.3 is 16.3 Å². The molecule has 120 valence electrons. The normalized spacial score (nSPS) is 41.2. The van der Waals surface area contributed by atoms with Crippen molar-refractivity contribution in [2.24, 2.45) is 17.3 Å². The van der Waals surface area contributed by atoms with Crippen molar-refractivity contribution in [3.63, 3.8) is 0 Å². The predicted molar refractivity (Wildman–Crippen MR) is 72.6 cm³/mol. The van der Waals surface area contributed by atoms with Crippen molar-refractivity contribution in [3.05, 3.63) is 0 Å². The topological polar surface area (TPSA) is 113 Å². The fourth-order valence-electron chi connectivity index (χ4n) is 5.01. The van der Waals surface area contributed by atoms with E-state index in [1.54, 1.807) is 4.72 Å². The van der Waals surface area contributed by atoms with Gasteiger partial charge in [-0.3, -0.25) is 9.35 Å². The highest BCUT2D eigenvalue weighted by Gasteiger charge is 2.57. The van der Waals surface area contributed by atoms with E-state index in [4.69, 9.17) is 9.29 Å². The number of carbonyl (C=O) groups excluding carboxylic acids is 1. The summed E-state index contributed by atoms with van der Waals surface area (Å²) < 4.78 is 36.4. The molecule has 4 fully saturated rings. The van der Waals surface area contributed by atoms with Crippen LogP contribution in [0.3, 0.4) is 0 Å². The Morgan fingerprint density at radius 1 is 1.24 bits per heavy atom. The summed E-state index contributed by atoms with van der Waals surface area (Å²) in [4.78, 5) is 11.5. The zero-order chi connectivity index (χ0) is 15.3. The van der Waals surface area contributed by atoms with Crippen LogP contribution >= 0.6 is 0 Å². The van der Waals surface area contributed by atoms with E-state index in [1.165, 1.54) is 0 Å². The highest BCUT2D eigenvalue weighted by atomic mass is 32.2. The zero-order valence-corrected chi connectivity index (χ0v) is 12.6. The maximum Gasteiger partial charge on any atom is 0.333 e. The van der Waals surface area contributed by atoms with Crippen LogP contribution in [0.25, 0.3) is 0 Å². The van der Waals surface area contributed by atoms with Gasteiger partial charge in [-0.1, -0.05) is 0 Å². The fourth-order valence-corrected chi connectivity index (χ4v) is 5.31. The van der Waals surface area contributed by atoms with E-state index < -0.39 is 28.4 Å². The molecule has 8 heteroatoms. The fraction of sp³-hybridized carbons (Fsp3) is 0.923. The van der Waals surface area contributed by atoms with Crippen LogP contribution in [0.15, 0.2) is 0 Å². The minimum atomic E-state index is -4.38. The summed E-state index contributed by atoms with van der Waals surface area (Å²) in [5.41, 5.74) is -0.768. The minimum Gasteiger partial charge on any atom is -0.464 e. The van der Waals surface area contributed by atoms with Gasteiger partial charge in [0.2, 0.25) is 0 Å². The smallest absolute Gasteiger partial charge is 0.333 e. The second-order valence-electron chi connectivity index (χ2n) is 7.14. The molecule has 4 aliphatic carbocycles. The Labute approximate surface area is 123 Å². The molecule has 2 atom stereocenters. The summed E-state index contributed by atoms with van der Waals surface area (Å²) in [6.45, 7) is -0.361. The van der Waals surface area contributed by atoms with Gasteiger partial charge < -0.3 is 9.84 Å². The van der Waals surface area contributed by atoms with Crippen molar-refractivity contribution in [1.29, 1.82) is 0 Å². The van der Waals surface area contributed by atoms with Gasteiger partial charge in [0.15, 0.2) is 0 Å². The lowest BCUT2D eigenvalue weighted by molar-refractivity contribution is -0.186. The molecule has 0 aromatic rings. The standard InChI is InChI=1S/C13H21NO6S/c15-11(6-14-21(17,18)19)20-8-12-2-9-1-10(3-12)5-13(16,4-9)7-12/h9-10,14,16H,1-8H2,(H,17,18,19). The molecular weight excluding hydrogens is 298 g/mol. The van der Waals surface area contributed by atoms with Gasteiger partial charge in [-0.2, -0.15) is 13.1 Å². The van der Waals surface area contributed by atoms with Gasteiger partial charge in [0.1, 0.15) is 6.54 Å². The first kappa shape index (κ1) is 15.2. The van der Waals surface area contributed by atoms with Crippen LogP contribution in [0.4, 0.5) is 0 Å². The number of rotatable bonds is 5. The van der Waals surface area contributed by atoms with Gasteiger partial charge in [0, 0.05) is 5.41 Å². The molecule has 4 saturated carbocycles. The van der Waals surface area contributed by atoms with Gasteiger partial charge in [-0.15, -0.1) is 0 Å². The Kier molecular flexibility index (Phi) is 3.55. The van der Waals surface area contributed by atoms with Crippen molar-refractivity contribution in [3.8, 4) is 0 Å². The number of hydrogen-bond donors (Lipinski definition) is 3. The van der Waals surface area contributed by atoms with Crippen LogP contribution in [0.1, 0.15) is 38.5 Å². The van der Waals surface area contributed by atoms with E-state index >= 15 is 0 Å². The van der Waals surface area contributed by atoms with Crippen molar-refractivity contribution in [2.75, 3.05) is 13.2 Å². The van der Waals surface area contributed by atoms with E-state index in [0.29, 0.717) is 18.3 Å². The average molecular weight is 319 g/mol. The Morgan fingerprint density at radius 2 is 1.86 bits per heavy atom. The molecule has 0 aromatic carbocycles. The summed E-state index contributed by atoms with van der Waals surface area (Å²) in [7, 11) is -4.38. The van der Waals surface area contributed by atoms with Crippen LogP contribution in [-0.2, 0) is 19.8 Å². The molecule has 4 aliphatic rings. The Balaban J connectivity index is 1.57. The Bertz CT molecular complexity index is 531. The van der Waals surface area contributed by atoms with Gasteiger partial charge in [0.05, 0.1) is 12.2 Å².